The van der Waals surface area contributed by atoms with Crippen LogP contribution in [0.3, 0.4) is 0 Å². The zero-order valence-electron chi connectivity index (χ0n) is 13.8. The molecule has 0 saturated heterocycles. The third kappa shape index (κ3) is 4.14. The Kier molecular flexibility index (Phi) is 4.84. The second-order valence-electron chi connectivity index (χ2n) is 5.72. The fourth-order valence-electron chi connectivity index (χ4n) is 2.59. The molecule has 0 atom stereocenters. The van der Waals surface area contributed by atoms with Crippen LogP contribution in [0.2, 0.25) is 0 Å². The molecule has 26 heavy (non-hydrogen) atoms. The van der Waals surface area contributed by atoms with Gasteiger partial charge in [-0.3, -0.25) is 4.79 Å². The highest BCUT2D eigenvalue weighted by molar-refractivity contribution is 5.86. The van der Waals surface area contributed by atoms with Crippen molar-refractivity contribution in [2.24, 2.45) is 0 Å². The third-order valence-electron chi connectivity index (χ3n) is 3.85. The molecule has 3 aromatic carbocycles. The van der Waals surface area contributed by atoms with Crippen LogP contribution in [0.5, 0.6) is 11.5 Å². The van der Waals surface area contributed by atoms with Gasteiger partial charge >= 0.3 is 12.1 Å². The Labute approximate surface area is 148 Å². The highest BCUT2D eigenvalue weighted by Gasteiger charge is 2.30. The standard InChI is InChI=1S/C20H15F3O3/c1-25-17-7-5-14-6-8-18(12-15(14)11-17)26-19(24)10-13-3-2-4-16(9-13)20(21,22)23/h2-9,11-12H,10H2,1H3. The molecule has 0 bridgehead atoms. The third-order valence-corrected chi connectivity index (χ3v) is 3.85. The lowest BCUT2D eigenvalue weighted by molar-refractivity contribution is -0.138. The molecule has 0 amide bonds. The van der Waals surface area contributed by atoms with Gasteiger partial charge in [-0.15, -0.1) is 0 Å². The number of rotatable bonds is 4. The summed E-state index contributed by atoms with van der Waals surface area (Å²) in [6, 6.07) is 15.3. The highest BCUT2D eigenvalue weighted by Crippen LogP contribution is 2.30. The lowest BCUT2D eigenvalue weighted by atomic mass is 10.1. The molecule has 0 unspecified atom stereocenters. The molecule has 3 rings (SSSR count). The van der Waals surface area contributed by atoms with Crippen molar-refractivity contribution in [3.63, 3.8) is 0 Å². The number of fused-ring (bicyclic) bond motifs is 1. The fraction of sp³-hybridized carbons (Fsp3) is 0.150. The average Bonchev–Trinajstić information content (AvgIpc) is 2.60. The van der Waals surface area contributed by atoms with Gasteiger partial charge in [0.05, 0.1) is 19.1 Å². The van der Waals surface area contributed by atoms with Gasteiger partial charge in [-0.25, -0.2) is 0 Å². The summed E-state index contributed by atoms with van der Waals surface area (Å²) < 4.78 is 48.6. The minimum Gasteiger partial charge on any atom is -0.497 e. The maximum absolute atomic E-state index is 12.7. The second kappa shape index (κ2) is 7.07. The maximum atomic E-state index is 12.7. The summed E-state index contributed by atoms with van der Waals surface area (Å²) in [5.41, 5.74) is -0.548. The van der Waals surface area contributed by atoms with Gasteiger partial charge in [-0.2, -0.15) is 13.2 Å². The Morgan fingerprint density at radius 3 is 2.31 bits per heavy atom. The molecule has 6 heteroatoms. The first-order valence-corrected chi connectivity index (χ1v) is 7.80. The first-order valence-electron chi connectivity index (χ1n) is 7.80. The Morgan fingerprint density at radius 2 is 1.62 bits per heavy atom. The van der Waals surface area contributed by atoms with Crippen LogP contribution in [0.15, 0.2) is 60.7 Å². The van der Waals surface area contributed by atoms with Crippen LogP contribution < -0.4 is 9.47 Å². The minimum atomic E-state index is -4.45. The number of methoxy groups -OCH3 is 1. The fourth-order valence-corrected chi connectivity index (χ4v) is 2.59. The zero-order chi connectivity index (χ0) is 18.7. The molecule has 0 heterocycles. The van der Waals surface area contributed by atoms with Gasteiger partial charge < -0.3 is 9.47 Å². The normalized spacial score (nSPS) is 11.4. The predicted molar refractivity (Wildman–Crippen MR) is 91.3 cm³/mol. The maximum Gasteiger partial charge on any atom is 0.416 e. The number of benzene rings is 3. The van der Waals surface area contributed by atoms with Crippen molar-refractivity contribution in [2.75, 3.05) is 7.11 Å². The second-order valence-corrected chi connectivity index (χ2v) is 5.72. The number of hydrogen-bond acceptors (Lipinski definition) is 3. The van der Waals surface area contributed by atoms with E-state index in [1.165, 1.54) is 12.1 Å². The van der Waals surface area contributed by atoms with Crippen molar-refractivity contribution < 1.29 is 27.4 Å². The monoisotopic (exact) mass is 360 g/mol. The van der Waals surface area contributed by atoms with E-state index in [9.17, 15) is 18.0 Å². The van der Waals surface area contributed by atoms with Gasteiger partial charge in [0.1, 0.15) is 11.5 Å². The molecule has 0 radical (unpaired) electrons. The van der Waals surface area contributed by atoms with Crippen molar-refractivity contribution in [3.8, 4) is 11.5 Å². The molecular weight excluding hydrogens is 345 g/mol. The van der Waals surface area contributed by atoms with E-state index in [-0.39, 0.29) is 12.0 Å². The van der Waals surface area contributed by atoms with Gasteiger partial charge in [0.2, 0.25) is 0 Å². The molecule has 0 aliphatic rings. The van der Waals surface area contributed by atoms with E-state index >= 15 is 0 Å². The van der Waals surface area contributed by atoms with Crippen molar-refractivity contribution in [1.29, 1.82) is 0 Å². The van der Waals surface area contributed by atoms with Crippen LogP contribution in [0.25, 0.3) is 10.8 Å². The number of carbonyl (C=O) groups excluding carboxylic acids is 1. The number of carbonyl (C=O) groups is 1. The average molecular weight is 360 g/mol. The molecule has 0 spiro atoms. The van der Waals surface area contributed by atoms with Crippen LogP contribution in [-0.4, -0.2) is 13.1 Å². The van der Waals surface area contributed by atoms with Gasteiger partial charge in [0, 0.05) is 0 Å². The van der Waals surface area contributed by atoms with E-state index < -0.39 is 17.7 Å². The molecule has 0 aliphatic carbocycles. The van der Waals surface area contributed by atoms with E-state index in [2.05, 4.69) is 0 Å². The van der Waals surface area contributed by atoms with Crippen LogP contribution in [0.4, 0.5) is 13.2 Å². The summed E-state index contributed by atoms with van der Waals surface area (Å²) in [7, 11) is 1.56. The number of ether oxygens (including phenoxy) is 2. The summed E-state index contributed by atoms with van der Waals surface area (Å²) in [4.78, 5) is 12.1. The number of halogens is 3. The van der Waals surface area contributed by atoms with E-state index in [0.29, 0.717) is 11.5 Å². The van der Waals surface area contributed by atoms with Crippen LogP contribution in [-0.2, 0) is 17.4 Å². The van der Waals surface area contributed by atoms with Crippen molar-refractivity contribution in [3.05, 3.63) is 71.8 Å². The van der Waals surface area contributed by atoms with Crippen LogP contribution in [0.1, 0.15) is 11.1 Å². The molecule has 0 N–H and O–H groups in total. The number of alkyl halides is 3. The predicted octanol–water partition coefficient (Wildman–Crippen LogP) is 5.02. The smallest absolute Gasteiger partial charge is 0.416 e. The van der Waals surface area contributed by atoms with Gasteiger partial charge in [-0.1, -0.05) is 30.3 Å². The van der Waals surface area contributed by atoms with Crippen LogP contribution in [0, 0.1) is 0 Å². The van der Waals surface area contributed by atoms with Crippen molar-refractivity contribution in [1.82, 2.24) is 0 Å². The first kappa shape index (κ1) is 17.8. The number of esters is 1. The summed E-state index contributed by atoms with van der Waals surface area (Å²) in [5, 5.41) is 1.78. The van der Waals surface area contributed by atoms with E-state index in [0.717, 1.165) is 22.9 Å². The summed E-state index contributed by atoms with van der Waals surface area (Å²) in [6.45, 7) is 0. The summed E-state index contributed by atoms with van der Waals surface area (Å²) in [6.07, 6.45) is -4.70. The Morgan fingerprint density at radius 1 is 0.923 bits per heavy atom. The topological polar surface area (TPSA) is 35.5 Å². The largest absolute Gasteiger partial charge is 0.497 e. The molecule has 0 fully saturated rings. The molecule has 0 aliphatic heterocycles. The Hall–Kier alpha value is -3.02. The molecular formula is C20H15F3O3. The highest BCUT2D eigenvalue weighted by atomic mass is 19.4. The molecule has 3 aromatic rings. The van der Waals surface area contributed by atoms with Crippen molar-refractivity contribution in [2.45, 2.75) is 12.6 Å². The molecule has 3 nitrogen and oxygen atoms in total. The molecule has 134 valence electrons. The van der Waals surface area contributed by atoms with E-state index in [4.69, 9.17) is 9.47 Å². The van der Waals surface area contributed by atoms with Crippen molar-refractivity contribution >= 4 is 16.7 Å². The lowest BCUT2D eigenvalue weighted by Crippen LogP contribution is -2.12. The Balaban J connectivity index is 1.75. The molecule has 0 saturated carbocycles. The van der Waals surface area contributed by atoms with Gasteiger partial charge in [-0.05, 0) is 46.7 Å². The van der Waals surface area contributed by atoms with E-state index in [1.54, 1.807) is 31.4 Å². The van der Waals surface area contributed by atoms with Gasteiger partial charge in [0.25, 0.3) is 0 Å². The van der Waals surface area contributed by atoms with Crippen LogP contribution >= 0.6 is 0 Å². The zero-order valence-corrected chi connectivity index (χ0v) is 13.8. The SMILES string of the molecule is COc1ccc2ccc(OC(=O)Cc3cccc(C(F)(F)F)c3)cc2c1. The number of hydrogen-bond donors (Lipinski definition) is 0. The Bertz CT molecular complexity index is 948. The quantitative estimate of drug-likeness (QED) is 0.484. The van der Waals surface area contributed by atoms with Gasteiger partial charge in [0.15, 0.2) is 0 Å². The summed E-state index contributed by atoms with van der Waals surface area (Å²) >= 11 is 0. The lowest BCUT2D eigenvalue weighted by Gasteiger charge is -2.09. The molecule has 0 aromatic heterocycles. The van der Waals surface area contributed by atoms with E-state index in [1.807, 2.05) is 12.1 Å². The summed E-state index contributed by atoms with van der Waals surface area (Å²) in [5.74, 6) is 0.360. The minimum absolute atomic E-state index is 0.243. The first-order chi connectivity index (χ1) is 12.3.